The zero-order valence-electron chi connectivity index (χ0n) is 13.4. The third-order valence-electron chi connectivity index (χ3n) is 5.00. The van der Waals surface area contributed by atoms with Gasteiger partial charge in [0.1, 0.15) is 7.05 Å². The van der Waals surface area contributed by atoms with Gasteiger partial charge in [-0.15, -0.1) is 0 Å². The van der Waals surface area contributed by atoms with Crippen LogP contribution in [0.5, 0.6) is 0 Å². The number of aromatic nitrogens is 2. The summed E-state index contributed by atoms with van der Waals surface area (Å²) in [5.74, 6) is 0. The number of hydrogen-bond donors (Lipinski definition) is 0. The van der Waals surface area contributed by atoms with Crippen LogP contribution in [0.2, 0.25) is 0 Å². The number of allylic oxidation sites excluding steroid dienone is 1. The molecule has 2 heterocycles. The van der Waals surface area contributed by atoms with E-state index in [4.69, 9.17) is 0 Å². The highest BCUT2D eigenvalue weighted by atomic mass is 14.9. The molecule has 1 aliphatic rings. The van der Waals surface area contributed by atoms with Crippen molar-refractivity contribution in [2.75, 3.05) is 0 Å². The summed E-state index contributed by atoms with van der Waals surface area (Å²) in [7, 11) is 4.30. The molecule has 2 aromatic heterocycles. The lowest BCUT2D eigenvalue weighted by atomic mass is 10.1. The number of fused-ring (bicyclic) bond motifs is 2. The Hall–Kier alpha value is -2.35. The van der Waals surface area contributed by atoms with Crippen LogP contribution >= 0.6 is 0 Å². The van der Waals surface area contributed by atoms with Crippen molar-refractivity contribution in [2.24, 2.45) is 14.1 Å². The van der Waals surface area contributed by atoms with Gasteiger partial charge < -0.3 is 4.57 Å². The first kappa shape index (κ1) is 13.3. The van der Waals surface area contributed by atoms with Crippen molar-refractivity contribution in [3.8, 4) is 0 Å². The van der Waals surface area contributed by atoms with E-state index < -0.39 is 0 Å². The van der Waals surface area contributed by atoms with E-state index in [0.717, 1.165) is 12.8 Å². The summed E-state index contributed by atoms with van der Waals surface area (Å²) < 4.78 is 4.55. The van der Waals surface area contributed by atoms with Crippen molar-refractivity contribution in [3.63, 3.8) is 0 Å². The number of rotatable bonds is 1. The molecule has 0 unspecified atom stereocenters. The molecule has 0 saturated heterocycles. The molecule has 1 aliphatic carbocycles. The van der Waals surface area contributed by atoms with E-state index in [2.05, 4.69) is 78.8 Å². The van der Waals surface area contributed by atoms with Crippen LogP contribution in [0.25, 0.3) is 22.6 Å². The van der Waals surface area contributed by atoms with Gasteiger partial charge in [0.15, 0.2) is 6.20 Å². The van der Waals surface area contributed by atoms with Crippen LogP contribution in [0.15, 0.2) is 42.6 Å². The lowest BCUT2D eigenvalue weighted by Gasteiger charge is -2.01. The van der Waals surface area contributed by atoms with Crippen molar-refractivity contribution >= 4 is 22.6 Å². The van der Waals surface area contributed by atoms with Crippen LogP contribution in [0.3, 0.4) is 0 Å². The van der Waals surface area contributed by atoms with E-state index in [9.17, 15) is 0 Å². The molecule has 0 aliphatic heterocycles. The van der Waals surface area contributed by atoms with E-state index in [0.29, 0.717) is 0 Å². The highest BCUT2D eigenvalue weighted by Gasteiger charge is 2.25. The predicted molar refractivity (Wildman–Crippen MR) is 91.5 cm³/mol. The van der Waals surface area contributed by atoms with E-state index in [1.165, 1.54) is 39.0 Å². The largest absolute Gasteiger partial charge is 0.347 e. The first-order chi connectivity index (χ1) is 10.7. The Morgan fingerprint density at radius 3 is 2.77 bits per heavy atom. The minimum Gasteiger partial charge on any atom is -0.347 e. The molecule has 0 saturated carbocycles. The molecule has 0 amide bonds. The maximum absolute atomic E-state index is 2.41. The van der Waals surface area contributed by atoms with Gasteiger partial charge in [0, 0.05) is 46.4 Å². The predicted octanol–water partition coefficient (Wildman–Crippen LogP) is 3.80. The van der Waals surface area contributed by atoms with Crippen molar-refractivity contribution in [1.82, 2.24) is 4.57 Å². The summed E-state index contributed by atoms with van der Waals surface area (Å²) in [5.41, 5.74) is 8.33. The van der Waals surface area contributed by atoms with E-state index in [-0.39, 0.29) is 0 Å². The summed E-state index contributed by atoms with van der Waals surface area (Å²) in [4.78, 5) is 0. The van der Waals surface area contributed by atoms with Crippen molar-refractivity contribution in [1.29, 1.82) is 0 Å². The number of aryl methyl sites for hydroxylation is 3. The second-order valence-corrected chi connectivity index (χ2v) is 6.24. The Kier molecular flexibility index (Phi) is 2.93. The molecule has 110 valence electrons. The lowest BCUT2D eigenvalue weighted by Crippen LogP contribution is -2.32. The minimum absolute atomic E-state index is 1.13. The Morgan fingerprint density at radius 1 is 1.09 bits per heavy atom. The molecule has 0 atom stereocenters. The SMILES string of the molecule is Cc1c(/C=C2\CCc3ccc[n+](C)c32)c2ccccc2n1C. The average molecular weight is 289 g/mol. The maximum atomic E-state index is 2.41. The minimum atomic E-state index is 1.13. The van der Waals surface area contributed by atoms with Crippen LogP contribution in [-0.2, 0) is 20.5 Å². The second-order valence-electron chi connectivity index (χ2n) is 6.24. The molecule has 4 rings (SSSR count). The molecule has 0 spiro atoms. The quantitative estimate of drug-likeness (QED) is 0.603. The lowest BCUT2D eigenvalue weighted by molar-refractivity contribution is -0.673. The molecule has 2 heteroatoms. The van der Waals surface area contributed by atoms with Gasteiger partial charge in [-0.05, 0) is 38.0 Å². The third kappa shape index (κ3) is 1.83. The summed E-state index contributed by atoms with van der Waals surface area (Å²) in [5, 5.41) is 1.35. The summed E-state index contributed by atoms with van der Waals surface area (Å²) in [6.45, 7) is 2.22. The second kappa shape index (κ2) is 4.84. The number of pyridine rings is 1. The standard InChI is InChI=1S/C20H21N2/c1-14-18(17-8-4-5-9-19(17)22(14)3)13-16-11-10-15-7-6-12-21(2)20(15)16/h4-9,12-13H,10-11H2,1-3H3/q+1. The van der Waals surface area contributed by atoms with Crippen molar-refractivity contribution in [2.45, 2.75) is 19.8 Å². The van der Waals surface area contributed by atoms with Gasteiger partial charge in [-0.1, -0.05) is 18.2 Å². The summed E-state index contributed by atoms with van der Waals surface area (Å²) in [6, 6.07) is 13.1. The molecular weight excluding hydrogens is 268 g/mol. The molecular formula is C20H21N2+. The monoisotopic (exact) mass is 289 g/mol. The Bertz CT molecular complexity index is 913. The van der Waals surface area contributed by atoms with Crippen LogP contribution in [0, 0.1) is 6.92 Å². The fourth-order valence-corrected chi connectivity index (χ4v) is 3.74. The van der Waals surface area contributed by atoms with Crippen LogP contribution in [-0.4, -0.2) is 4.57 Å². The van der Waals surface area contributed by atoms with Crippen LogP contribution < -0.4 is 4.57 Å². The van der Waals surface area contributed by atoms with E-state index >= 15 is 0 Å². The average Bonchev–Trinajstić information content (AvgIpc) is 3.04. The molecule has 0 N–H and O–H groups in total. The van der Waals surface area contributed by atoms with E-state index in [1.807, 2.05) is 0 Å². The molecule has 2 nitrogen and oxygen atoms in total. The van der Waals surface area contributed by atoms with Gasteiger partial charge in [-0.2, -0.15) is 0 Å². The normalized spacial score (nSPS) is 15.7. The number of hydrogen-bond acceptors (Lipinski definition) is 0. The van der Waals surface area contributed by atoms with Crippen molar-refractivity contribution in [3.05, 3.63) is 65.1 Å². The van der Waals surface area contributed by atoms with E-state index in [1.54, 1.807) is 0 Å². The van der Waals surface area contributed by atoms with Gasteiger partial charge in [-0.25, -0.2) is 4.57 Å². The van der Waals surface area contributed by atoms with Gasteiger partial charge in [0.25, 0.3) is 0 Å². The zero-order chi connectivity index (χ0) is 15.3. The number of nitrogens with zero attached hydrogens (tertiary/aromatic N) is 2. The third-order valence-corrected chi connectivity index (χ3v) is 5.00. The smallest absolute Gasteiger partial charge is 0.211 e. The topological polar surface area (TPSA) is 8.81 Å². The fraction of sp³-hybridized carbons (Fsp3) is 0.250. The van der Waals surface area contributed by atoms with Crippen molar-refractivity contribution < 1.29 is 4.57 Å². The number of para-hydroxylation sites is 1. The maximum Gasteiger partial charge on any atom is 0.211 e. The van der Waals surface area contributed by atoms with Gasteiger partial charge in [0.05, 0.1) is 0 Å². The Labute approximate surface area is 131 Å². The van der Waals surface area contributed by atoms with Crippen LogP contribution in [0.1, 0.15) is 28.9 Å². The Morgan fingerprint density at radius 2 is 1.91 bits per heavy atom. The first-order valence-corrected chi connectivity index (χ1v) is 7.89. The number of benzene rings is 1. The Balaban J connectivity index is 1.95. The molecule has 0 radical (unpaired) electrons. The van der Waals surface area contributed by atoms with Gasteiger partial charge >= 0.3 is 0 Å². The molecule has 3 aromatic rings. The molecule has 0 bridgehead atoms. The highest BCUT2D eigenvalue weighted by Crippen LogP contribution is 2.34. The summed E-state index contributed by atoms with van der Waals surface area (Å²) >= 11 is 0. The van der Waals surface area contributed by atoms with Gasteiger partial charge in [0.2, 0.25) is 5.69 Å². The van der Waals surface area contributed by atoms with Crippen LogP contribution in [0.4, 0.5) is 0 Å². The molecule has 0 fully saturated rings. The highest BCUT2D eigenvalue weighted by molar-refractivity contribution is 5.96. The van der Waals surface area contributed by atoms with Gasteiger partial charge in [-0.3, -0.25) is 0 Å². The summed E-state index contributed by atoms with van der Waals surface area (Å²) in [6.07, 6.45) is 6.84. The molecule has 1 aromatic carbocycles. The first-order valence-electron chi connectivity index (χ1n) is 7.89. The fourth-order valence-electron chi connectivity index (χ4n) is 3.74. The zero-order valence-corrected chi connectivity index (χ0v) is 13.4. The molecule has 22 heavy (non-hydrogen) atoms.